The molecule has 1 rings (SSSR count). The molecule has 0 spiro atoms. The molecule has 1 aliphatic heterocycles. The SMILES string of the molecule is CC.CC1CNCC(C)C1O. The molecular formula is C9H21NO. The predicted octanol–water partition coefficient (Wildman–Crippen LogP) is 1.25. The standard InChI is InChI=1S/C7H15NO.C2H6/c1-5-3-8-4-6(2)7(5)9;1-2/h5-9H,3-4H2,1-2H3;1-2H3. The van der Waals surface area contributed by atoms with Gasteiger partial charge in [0.1, 0.15) is 0 Å². The quantitative estimate of drug-likeness (QED) is 0.557. The summed E-state index contributed by atoms with van der Waals surface area (Å²) in [6, 6.07) is 0. The lowest BCUT2D eigenvalue weighted by atomic mass is 9.90. The van der Waals surface area contributed by atoms with E-state index >= 15 is 0 Å². The van der Waals surface area contributed by atoms with Crippen LogP contribution in [0, 0.1) is 11.8 Å². The third-order valence-corrected chi connectivity index (χ3v) is 2.10. The van der Waals surface area contributed by atoms with E-state index in [9.17, 15) is 5.11 Å². The Kier molecular flexibility index (Phi) is 5.51. The Morgan fingerprint density at radius 1 is 1.09 bits per heavy atom. The molecule has 0 radical (unpaired) electrons. The van der Waals surface area contributed by atoms with Gasteiger partial charge in [0.05, 0.1) is 6.10 Å². The lowest BCUT2D eigenvalue weighted by Gasteiger charge is -2.30. The molecule has 11 heavy (non-hydrogen) atoms. The molecule has 0 aromatic carbocycles. The van der Waals surface area contributed by atoms with Crippen molar-refractivity contribution in [1.82, 2.24) is 5.32 Å². The van der Waals surface area contributed by atoms with Gasteiger partial charge in [0.15, 0.2) is 0 Å². The molecule has 1 saturated heterocycles. The highest BCUT2D eigenvalue weighted by Crippen LogP contribution is 2.15. The van der Waals surface area contributed by atoms with Gasteiger partial charge in [0.25, 0.3) is 0 Å². The maximum atomic E-state index is 9.41. The summed E-state index contributed by atoms with van der Waals surface area (Å²) in [5.74, 6) is 0.850. The van der Waals surface area contributed by atoms with Gasteiger partial charge in [-0.3, -0.25) is 0 Å². The summed E-state index contributed by atoms with van der Waals surface area (Å²) in [5.41, 5.74) is 0. The first kappa shape index (κ1) is 10.9. The molecule has 0 bridgehead atoms. The van der Waals surface area contributed by atoms with Crippen molar-refractivity contribution < 1.29 is 5.11 Å². The van der Waals surface area contributed by atoms with E-state index in [-0.39, 0.29) is 6.10 Å². The summed E-state index contributed by atoms with van der Waals surface area (Å²) in [4.78, 5) is 0. The maximum Gasteiger partial charge on any atom is 0.0615 e. The van der Waals surface area contributed by atoms with E-state index in [4.69, 9.17) is 0 Å². The number of rotatable bonds is 0. The summed E-state index contributed by atoms with van der Waals surface area (Å²) in [7, 11) is 0. The van der Waals surface area contributed by atoms with E-state index in [0.717, 1.165) is 13.1 Å². The van der Waals surface area contributed by atoms with Crippen LogP contribution in [0.4, 0.5) is 0 Å². The first-order valence-corrected chi connectivity index (χ1v) is 4.60. The van der Waals surface area contributed by atoms with Crippen LogP contribution in [0.1, 0.15) is 27.7 Å². The zero-order valence-corrected chi connectivity index (χ0v) is 8.09. The second kappa shape index (κ2) is 5.56. The molecule has 2 atom stereocenters. The predicted molar refractivity (Wildman–Crippen MR) is 48.6 cm³/mol. The Hall–Kier alpha value is -0.0800. The fourth-order valence-corrected chi connectivity index (χ4v) is 1.34. The van der Waals surface area contributed by atoms with E-state index in [2.05, 4.69) is 19.2 Å². The second-order valence-corrected chi connectivity index (χ2v) is 3.10. The van der Waals surface area contributed by atoms with E-state index in [0.29, 0.717) is 11.8 Å². The topological polar surface area (TPSA) is 32.3 Å². The zero-order valence-electron chi connectivity index (χ0n) is 8.09. The molecule has 2 N–H and O–H groups in total. The van der Waals surface area contributed by atoms with Crippen LogP contribution in [0.25, 0.3) is 0 Å². The Morgan fingerprint density at radius 3 is 1.73 bits per heavy atom. The van der Waals surface area contributed by atoms with Crippen LogP contribution in [-0.4, -0.2) is 24.3 Å². The van der Waals surface area contributed by atoms with Crippen molar-refractivity contribution in [1.29, 1.82) is 0 Å². The van der Waals surface area contributed by atoms with Crippen LogP contribution in [-0.2, 0) is 0 Å². The monoisotopic (exact) mass is 159 g/mol. The van der Waals surface area contributed by atoms with Gasteiger partial charge in [-0.1, -0.05) is 27.7 Å². The largest absolute Gasteiger partial charge is 0.392 e. The Balaban J connectivity index is 0.000000461. The molecule has 68 valence electrons. The summed E-state index contributed by atoms with van der Waals surface area (Å²) in [5, 5.41) is 12.7. The van der Waals surface area contributed by atoms with Crippen LogP contribution in [0.15, 0.2) is 0 Å². The molecule has 0 aromatic rings. The average Bonchev–Trinajstić information content (AvgIpc) is 2.04. The molecule has 1 fully saturated rings. The van der Waals surface area contributed by atoms with Crippen molar-refractivity contribution in [2.45, 2.75) is 33.8 Å². The average molecular weight is 159 g/mol. The highest BCUT2D eigenvalue weighted by Gasteiger charge is 2.24. The summed E-state index contributed by atoms with van der Waals surface area (Å²) in [6.07, 6.45) is -0.0914. The fraction of sp³-hybridized carbons (Fsp3) is 1.00. The number of nitrogens with one attached hydrogen (secondary N) is 1. The lowest BCUT2D eigenvalue weighted by Crippen LogP contribution is -2.44. The molecule has 0 aromatic heterocycles. The number of hydrogen-bond donors (Lipinski definition) is 2. The number of piperidine rings is 1. The van der Waals surface area contributed by atoms with Crippen LogP contribution < -0.4 is 5.32 Å². The first-order valence-electron chi connectivity index (χ1n) is 4.60. The highest BCUT2D eigenvalue weighted by atomic mass is 16.3. The van der Waals surface area contributed by atoms with Gasteiger partial charge in [0, 0.05) is 13.1 Å². The minimum atomic E-state index is -0.0914. The van der Waals surface area contributed by atoms with E-state index in [1.165, 1.54) is 0 Å². The van der Waals surface area contributed by atoms with Crippen LogP contribution in [0.5, 0.6) is 0 Å². The van der Waals surface area contributed by atoms with Crippen molar-refractivity contribution in [2.75, 3.05) is 13.1 Å². The summed E-state index contributed by atoms with van der Waals surface area (Å²) >= 11 is 0. The van der Waals surface area contributed by atoms with E-state index in [1.54, 1.807) is 0 Å². The maximum absolute atomic E-state index is 9.41. The molecular weight excluding hydrogens is 138 g/mol. The van der Waals surface area contributed by atoms with Gasteiger partial charge in [-0.15, -0.1) is 0 Å². The van der Waals surface area contributed by atoms with Gasteiger partial charge in [-0.05, 0) is 11.8 Å². The smallest absolute Gasteiger partial charge is 0.0615 e. The normalized spacial score (nSPS) is 37.4. The van der Waals surface area contributed by atoms with Crippen LogP contribution in [0.2, 0.25) is 0 Å². The van der Waals surface area contributed by atoms with Crippen molar-refractivity contribution in [3.05, 3.63) is 0 Å². The summed E-state index contributed by atoms with van der Waals surface area (Å²) in [6.45, 7) is 10.1. The Bertz CT molecular complexity index is 85.6. The van der Waals surface area contributed by atoms with Crippen molar-refractivity contribution in [3.63, 3.8) is 0 Å². The summed E-state index contributed by atoms with van der Waals surface area (Å²) < 4.78 is 0. The van der Waals surface area contributed by atoms with Gasteiger partial charge in [0.2, 0.25) is 0 Å². The number of hydrogen-bond acceptors (Lipinski definition) is 2. The minimum absolute atomic E-state index is 0.0914. The minimum Gasteiger partial charge on any atom is -0.392 e. The van der Waals surface area contributed by atoms with Gasteiger partial charge in [-0.2, -0.15) is 0 Å². The van der Waals surface area contributed by atoms with E-state index in [1.807, 2.05) is 13.8 Å². The van der Waals surface area contributed by atoms with Gasteiger partial charge < -0.3 is 10.4 Å². The lowest BCUT2D eigenvalue weighted by molar-refractivity contribution is 0.0434. The molecule has 0 amide bonds. The van der Waals surface area contributed by atoms with Crippen LogP contribution >= 0.6 is 0 Å². The molecule has 2 nitrogen and oxygen atoms in total. The van der Waals surface area contributed by atoms with Gasteiger partial charge in [-0.25, -0.2) is 0 Å². The van der Waals surface area contributed by atoms with Crippen molar-refractivity contribution in [2.24, 2.45) is 11.8 Å². The Labute approximate surface area is 70.0 Å². The van der Waals surface area contributed by atoms with Crippen LogP contribution in [0.3, 0.4) is 0 Å². The first-order chi connectivity index (χ1) is 5.22. The van der Waals surface area contributed by atoms with Gasteiger partial charge >= 0.3 is 0 Å². The second-order valence-electron chi connectivity index (χ2n) is 3.10. The zero-order chi connectivity index (χ0) is 8.85. The molecule has 1 heterocycles. The number of aliphatic hydroxyl groups is 1. The highest BCUT2D eigenvalue weighted by molar-refractivity contribution is 4.78. The third kappa shape index (κ3) is 3.21. The van der Waals surface area contributed by atoms with Crippen molar-refractivity contribution >= 4 is 0 Å². The molecule has 0 saturated carbocycles. The molecule has 2 unspecified atom stereocenters. The van der Waals surface area contributed by atoms with E-state index < -0.39 is 0 Å². The molecule has 0 aliphatic carbocycles. The molecule has 2 heteroatoms. The number of aliphatic hydroxyl groups excluding tert-OH is 1. The van der Waals surface area contributed by atoms with Crippen molar-refractivity contribution in [3.8, 4) is 0 Å². The molecule has 1 aliphatic rings. The fourth-order valence-electron chi connectivity index (χ4n) is 1.34. The third-order valence-electron chi connectivity index (χ3n) is 2.10. The Morgan fingerprint density at radius 2 is 1.45 bits per heavy atom.